The molecule has 0 radical (unpaired) electrons. The van der Waals surface area contributed by atoms with Crippen molar-refractivity contribution in [1.29, 1.82) is 0 Å². The number of rotatable bonds is 7. The molecular weight excluding hydrogens is 244 g/mol. The highest BCUT2D eigenvalue weighted by Crippen LogP contribution is 2.17. The van der Waals surface area contributed by atoms with Crippen molar-refractivity contribution in [1.82, 2.24) is 15.0 Å². The molecule has 0 aliphatic heterocycles. The first-order valence-electron chi connectivity index (χ1n) is 6.44. The summed E-state index contributed by atoms with van der Waals surface area (Å²) in [5.74, 6) is 1.64. The molecule has 3 N–H and O–H groups in total. The van der Waals surface area contributed by atoms with Gasteiger partial charge in [0.1, 0.15) is 0 Å². The molecule has 0 fully saturated rings. The second kappa shape index (κ2) is 6.51. The van der Waals surface area contributed by atoms with Crippen LogP contribution in [0.5, 0.6) is 0 Å². The van der Waals surface area contributed by atoms with Crippen LogP contribution in [0.2, 0.25) is 0 Å². The number of nitrogens with one attached hydrogen (secondary N) is 2. The summed E-state index contributed by atoms with van der Waals surface area (Å²) in [6, 6.07) is 0. The first kappa shape index (κ1) is 15.4. The Labute approximate surface area is 114 Å². The van der Waals surface area contributed by atoms with Crippen molar-refractivity contribution in [3.63, 3.8) is 0 Å². The summed E-state index contributed by atoms with van der Waals surface area (Å²) >= 11 is 0. The maximum atomic E-state index is 9.05. The molecule has 0 saturated carbocycles. The molecule has 1 rings (SSSR count). The first-order valence-corrected chi connectivity index (χ1v) is 6.44. The van der Waals surface area contributed by atoms with Crippen LogP contribution in [0, 0.1) is 0 Å². The zero-order valence-electron chi connectivity index (χ0n) is 12.4. The Morgan fingerprint density at radius 3 is 2.32 bits per heavy atom. The standard InChI is InChI=1S/C12H24N6O/c1-6-13-9-14-10(16-11(15-9)18(4)5)17-12(2,3)7-8-19/h19H,6-8H2,1-5H3,(H2,13,14,15,16,17). The molecule has 7 heteroatoms. The van der Waals surface area contributed by atoms with Crippen molar-refractivity contribution in [3.8, 4) is 0 Å². The van der Waals surface area contributed by atoms with Crippen molar-refractivity contribution in [2.24, 2.45) is 0 Å². The average molecular weight is 268 g/mol. The molecule has 0 saturated heterocycles. The highest BCUT2D eigenvalue weighted by Gasteiger charge is 2.19. The summed E-state index contributed by atoms with van der Waals surface area (Å²) in [5, 5.41) is 15.4. The SMILES string of the molecule is CCNc1nc(NC(C)(C)CCO)nc(N(C)C)n1. The second-order valence-electron chi connectivity index (χ2n) is 5.19. The summed E-state index contributed by atoms with van der Waals surface area (Å²) in [6.45, 7) is 6.84. The van der Waals surface area contributed by atoms with E-state index >= 15 is 0 Å². The normalized spacial score (nSPS) is 11.3. The van der Waals surface area contributed by atoms with Crippen molar-refractivity contribution >= 4 is 17.8 Å². The van der Waals surface area contributed by atoms with Gasteiger partial charge in [-0.1, -0.05) is 0 Å². The molecule has 0 aliphatic carbocycles. The molecule has 0 unspecified atom stereocenters. The number of hydrogen-bond acceptors (Lipinski definition) is 7. The topological polar surface area (TPSA) is 86.2 Å². The molecule has 0 spiro atoms. The van der Waals surface area contributed by atoms with Gasteiger partial charge in [-0.05, 0) is 27.2 Å². The first-order chi connectivity index (χ1) is 8.88. The minimum Gasteiger partial charge on any atom is -0.396 e. The maximum Gasteiger partial charge on any atom is 0.231 e. The summed E-state index contributed by atoms with van der Waals surface area (Å²) < 4.78 is 0. The number of aliphatic hydroxyl groups excluding tert-OH is 1. The number of hydrogen-bond donors (Lipinski definition) is 3. The van der Waals surface area contributed by atoms with E-state index in [1.165, 1.54) is 0 Å². The third-order valence-corrected chi connectivity index (χ3v) is 2.55. The van der Waals surface area contributed by atoms with E-state index in [4.69, 9.17) is 5.11 Å². The van der Waals surface area contributed by atoms with Crippen molar-refractivity contribution in [2.45, 2.75) is 32.7 Å². The van der Waals surface area contributed by atoms with Crippen LogP contribution >= 0.6 is 0 Å². The van der Waals surface area contributed by atoms with Crippen LogP contribution in [0.1, 0.15) is 27.2 Å². The van der Waals surface area contributed by atoms with Gasteiger partial charge in [0.05, 0.1) is 0 Å². The molecule has 1 aromatic heterocycles. The van der Waals surface area contributed by atoms with Gasteiger partial charge in [-0.3, -0.25) is 0 Å². The molecule has 7 nitrogen and oxygen atoms in total. The second-order valence-corrected chi connectivity index (χ2v) is 5.19. The molecule has 108 valence electrons. The van der Waals surface area contributed by atoms with Gasteiger partial charge in [-0.25, -0.2) is 0 Å². The van der Waals surface area contributed by atoms with Crippen LogP contribution < -0.4 is 15.5 Å². The van der Waals surface area contributed by atoms with Crippen molar-refractivity contribution < 1.29 is 5.11 Å². The summed E-state index contributed by atoms with van der Waals surface area (Å²) in [5.41, 5.74) is -0.275. The van der Waals surface area contributed by atoms with E-state index in [0.29, 0.717) is 24.3 Å². The number of aliphatic hydroxyl groups is 1. The van der Waals surface area contributed by atoms with Crippen LogP contribution in [-0.4, -0.2) is 52.8 Å². The minimum absolute atomic E-state index is 0.117. The highest BCUT2D eigenvalue weighted by atomic mass is 16.3. The molecular formula is C12H24N6O. The smallest absolute Gasteiger partial charge is 0.231 e. The fraction of sp³-hybridized carbons (Fsp3) is 0.750. The van der Waals surface area contributed by atoms with Gasteiger partial charge in [0.15, 0.2) is 0 Å². The molecule has 0 bridgehead atoms. The third kappa shape index (κ3) is 4.86. The summed E-state index contributed by atoms with van der Waals surface area (Å²) in [7, 11) is 3.77. The van der Waals surface area contributed by atoms with Gasteiger partial charge in [0.2, 0.25) is 17.8 Å². The van der Waals surface area contributed by atoms with E-state index in [1.807, 2.05) is 39.8 Å². The van der Waals surface area contributed by atoms with Gasteiger partial charge >= 0.3 is 0 Å². The highest BCUT2D eigenvalue weighted by molar-refractivity contribution is 5.43. The Balaban J connectivity index is 2.98. The van der Waals surface area contributed by atoms with Crippen molar-refractivity contribution in [3.05, 3.63) is 0 Å². The zero-order chi connectivity index (χ0) is 14.5. The monoisotopic (exact) mass is 268 g/mol. The molecule has 1 heterocycles. The van der Waals surface area contributed by atoms with Crippen LogP contribution in [0.15, 0.2) is 0 Å². The van der Waals surface area contributed by atoms with E-state index in [0.717, 1.165) is 6.54 Å². The average Bonchev–Trinajstić information content (AvgIpc) is 2.27. The van der Waals surface area contributed by atoms with E-state index in [1.54, 1.807) is 0 Å². The lowest BCUT2D eigenvalue weighted by Gasteiger charge is -2.26. The number of nitrogens with zero attached hydrogens (tertiary/aromatic N) is 4. The molecule has 19 heavy (non-hydrogen) atoms. The molecule has 1 aromatic rings. The van der Waals surface area contributed by atoms with Gasteiger partial charge in [-0.15, -0.1) is 0 Å². The van der Waals surface area contributed by atoms with Gasteiger partial charge in [0, 0.05) is 32.8 Å². The van der Waals surface area contributed by atoms with E-state index in [-0.39, 0.29) is 12.1 Å². The van der Waals surface area contributed by atoms with Crippen molar-refractivity contribution in [2.75, 3.05) is 42.8 Å². The Kier molecular flexibility index (Phi) is 5.29. The predicted octanol–water partition coefficient (Wildman–Crippen LogP) is 0.942. The Hall–Kier alpha value is -1.63. The van der Waals surface area contributed by atoms with Crippen LogP contribution in [0.25, 0.3) is 0 Å². The fourth-order valence-electron chi connectivity index (χ4n) is 1.50. The molecule has 0 aliphatic rings. The van der Waals surface area contributed by atoms with Gasteiger partial charge < -0.3 is 20.6 Å². The number of aromatic nitrogens is 3. The largest absolute Gasteiger partial charge is 0.396 e. The predicted molar refractivity (Wildman–Crippen MR) is 77.7 cm³/mol. The Morgan fingerprint density at radius 2 is 1.79 bits per heavy atom. The zero-order valence-corrected chi connectivity index (χ0v) is 12.4. The molecule has 0 amide bonds. The quantitative estimate of drug-likeness (QED) is 0.678. The minimum atomic E-state index is -0.275. The molecule has 0 atom stereocenters. The Bertz CT molecular complexity index is 407. The fourth-order valence-corrected chi connectivity index (χ4v) is 1.50. The summed E-state index contributed by atoms with van der Waals surface area (Å²) in [6.07, 6.45) is 0.618. The van der Waals surface area contributed by atoms with Gasteiger partial charge in [-0.2, -0.15) is 15.0 Å². The van der Waals surface area contributed by atoms with Gasteiger partial charge in [0.25, 0.3) is 0 Å². The maximum absolute atomic E-state index is 9.05. The third-order valence-electron chi connectivity index (χ3n) is 2.55. The lowest BCUT2D eigenvalue weighted by molar-refractivity contribution is 0.260. The van der Waals surface area contributed by atoms with Crippen LogP contribution in [0.3, 0.4) is 0 Å². The van der Waals surface area contributed by atoms with E-state index < -0.39 is 0 Å². The van der Waals surface area contributed by atoms with Crippen LogP contribution in [0.4, 0.5) is 17.8 Å². The Morgan fingerprint density at radius 1 is 1.16 bits per heavy atom. The van der Waals surface area contributed by atoms with E-state index in [2.05, 4.69) is 25.6 Å². The lowest BCUT2D eigenvalue weighted by atomic mass is 10.0. The van der Waals surface area contributed by atoms with E-state index in [9.17, 15) is 0 Å². The number of anilines is 3. The summed E-state index contributed by atoms with van der Waals surface area (Å²) in [4.78, 5) is 14.8. The molecule has 0 aromatic carbocycles. The van der Waals surface area contributed by atoms with Crippen LogP contribution in [-0.2, 0) is 0 Å². The lowest BCUT2D eigenvalue weighted by Crippen LogP contribution is -2.33.